The molecule has 1 atom stereocenters. The third-order valence-electron chi connectivity index (χ3n) is 3.55. The summed E-state index contributed by atoms with van der Waals surface area (Å²) in [5, 5.41) is 3.27. The Hall–Kier alpha value is -1.27. The molecule has 0 saturated heterocycles. The first kappa shape index (κ1) is 17.1. The van der Waals surface area contributed by atoms with E-state index in [1.807, 2.05) is 12.1 Å². The van der Waals surface area contributed by atoms with Crippen molar-refractivity contribution in [3.63, 3.8) is 0 Å². The van der Waals surface area contributed by atoms with Crippen LogP contribution in [0.25, 0.3) is 0 Å². The van der Waals surface area contributed by atoms with Crippen LogP contribution in [-0.2, 0) is 9.53 Å². The predicted molar refractivity (Wildman–Crippen MR) is 93.6 cm³/mol. The topological polar surface area (TPSA) is 47.6 Å². The SMILES string of the molecule is COC(=O)CCCSC(=S)NCCC1COc2ccccc21. The van der Waals surface area contributed by atoms with E-state index in [2.05, 4.69) is 22.2 Å². The lowest BCUT2D eigenvalue weighted by molar-refractivity contribution is -0.140. The van der Waals surface area contributed by atoms with Gasteiger partial charge in [-0.2, -0.15) is 0 Å². The van der Waals surface area contributed by atoms with Crippen LogP contribution in [-0.4, -0.2) is 36.3 Å². The van der Waals surface area contributed by atoms with Crippen molar-refractivity contribution in [2.45, 2.75) is 25.2 Å². The lowest BCUT2D eigenvalue weighted by Gasteiger charge is -2.11. The van der Waals surface area contributed by atoms with E-state index in [0.29, 0.717) is 12.3 Å². The van der Waals surface area contributed by atoms with E-state index in [4.69, 9.17) is 17.0 Å². The number of thiocarbonyl (C=S) groups is 1. The van der Waals surface area contributed by atoms with Gasteiger partial charge >= 0.3 is 5.97 Å². The Balaban J connectivity index is 1.59. The number of esters is 1. The molecule has 0 fully saturated rings. The van der Waals surface area contributed by atoms with Crippen LogP contribution in [0.15, 0.2) is 24.3 Å². The molecule has 22 heavy (non-hydrogen) atoms. The highest BCUT2D eigenvalue weighted by molar-refractivity contribution is 8.22. The number of nitrogens with one attached hydrogen (secondary N) is 1. The minimum Gasteiger partial charge on any atom is -0.493 e. The molecular formula is C16H21NO3S2. The summed E-state index contributed by atoms with van der Waals surface area (Å²) in [6, 6.07) is 8.20. The van der Waals surface area contributed by atoms with Crippen molar-refractivity contribution in [1.29, 1.82) is 0 Å². The van der Waals surface area contributed by atoms with E-state index in [0.717, 1.165) is 41.8 Å². The summed E-state index contributed by atoms with van der Waals surface area (Å²) in [7, 11) is 1.41. The number of para-hydroxylation sites is 1. The molecule has 4 nitrogen and oxygen atoms in total. The molecule has 1 unspecified atom stereocenters. The molecule has 0 aliphatic carbocycles. The summed E-state index contributed by atoms with van der Waals surface area (Å²) < 4.78 is 11.1. The average molecular weight is 339 g/mol. The van der Waals surface area contributed by atoms with Crippen LogP contribution < -0.4 is 10.1 Å². The molecule has 1 N–H and O–H groups in total. The van der Waals surface area contributed by atoms with E-state index in [-0.39, 0.29) is 5.97 Å². The van der Waals surface area contributed by atoms with Gasteiger partial charge in [-0.3, -0.25) is 4.79 Å². The van der Waals surface area contributed by atoms with Crippen molar-refractivity contribution in [2.24, 2.45) is 0 Å². The minimum atomic E-state index is -0.167. The molecule has 0 aromatic heterocycles. The first-order chi connectivity index (χ1) is 10.7. The summed E-state index contributed by atoms with van der Waals surface area (Å²) in [6.07, 6.45) is 2.23. The zero-order chi connectivity index (χ0) is 15.8. The lowest BCUT2D eigenvalue weighted by atomic mass is 9.98. The summed E-state index contributed by atoms with van der Waals surface area (Å²) in [4.78, 5) is 11.0. The highest BCUT2D eigenvalue weighted by Gasteiger charge is 2.22. The molecule has 0 saturated carbocycles. The van der Waals surface area contributed by atoms with Crippen LogP contribution in [0.1, 0.15) is 30.7 Å². The molecule has 1 aromatic carbocycles. The molecule has 0 spiro atoms. The molecule has 1 aromatic rings. The van der Waals surface area contributed by atoms with Gasteiger partial charge in [-0.1, -0.05) is 42.2 Å². The fourth-order valence-electron chi connectivity index (χ4n) is 2.35. The third kappa shape index (κ3) is 5.18. The Morgan fingerprint density at radius 3 is 3.14 bits per heavy atom. The van der Waals surface area contributed by atoms with Gasteiger partial charge in [0.1, 0.15) is 10.1 Å². The van der Waals surface area contributed by atoms with Gasteiger partial charge in [0.25, 0.3) is 0 Å². The van der Waals surface area contributed by atoms with Gasteiger partial charge in [-0.25, -0.2) is 0 Å². The highest BCUT2D eigenvalue weighted by Crippen LogP contribution is 2.35. The Morgan fingerprint density at radius 1 is 1.50 bits per heavy atom. The fourth-order valence-corrected chi connectivity index (χ4v) is 3.38. The maximum absolute atomic E-state index is 11.0. The zero-order valence-corrected chi connectivity index (χ0v) is 14.3. The van der Waals surface area contributed by atoms with Crippen LogP contribution in [0.5, 0.6) is 5.75 Å². The molecule has 1 heterocycles. The zero-order valence-electron chi connectivity index (χ0n) is 12.7. The number of fused-ring (bicyclic) bond motifs is 1. The van der Waals surface area contributed by atoms with Gasteiger partial charge in [0.15, 0.2) is 0 Å². The Bertz CT molecular complexity index is 522. The van der Waals surface area contributed by atoms with Crippen molar-refractivity contribution >= 4 is 34.3 Å². The van der Waals surface area contributed by atoms with E-state index in [1.165, 1.54) is 12.7 Å². The van der Waals surface area contributed by atoms with Crippen molar-refractivity contribution in [1.82, 2.24) is 5.32 Å². The molecule has 6 heteroatoms. The largest absolute Gasteiger partial charge is 0.493 e. The maximum Gasteiger partial charge on any atom is 0.305 e. The molecule has 2 rings (SSSR count). The van der Waals surface area contributed by atoms with Gasteiger partial charge < -0.3 is 14.8 Å². The normalized spacial score (nSPS) is 15.8. The van der Waals surface area contributed by atoms with Gasteiger partial charge in [-0.15, -0.1) is 0 Å². The standard InChI is InChI=1S/C16H21NO3S2/c1-19-15(18)7-4-10-22-16(21)17-9-8-12-11-20-14-6-3-2-5-13(12)14/h2-3,5-6,12H,4,7-11H2,1H3,(H,17,21). The number of hydrogen-bond donors (Lipinski definition) is 1. The molecule has 1 aliphatic heterocycles. The molecule has 120 valence electrons. The first-order valence-electron chi connectivity index (χ1n) is 7.40. The average Bonchev–Trinajstić information content (AvgIpc) is 2.95. The fraction of sp³-hybridized carbons (Fsp3) is 0.500. The number of ether oxygens (including phenoxy) is 2. The van der Waals surface area contributed by atoms with Crippen molar-refractivity contribution in [3.8, 4) is 5.75 Å². The number of methoxy groups -OCH3 is 1. The number of benzene rings is 1. The van der Waals surface area contributed by atoms with E-state index in [1.54, 1.807) is 11.8 Å². The third-order valence-corrected chi connectivity index (χ3v) is 4.94. The van der Waals surface area contributed by atoms with Crippen LogP contribution >= 0.6 is 24.0 Å². The van der Waals surface area contributed by atoms with Gasteiger partial charge in [0, 0.05) is 30.2 Å². The molecule has 0 bridgehead atoms. The second-order valence-corrected chi connectivity index (χ2v) is 6.85. The van der Waals surface area contributed by atoms with Crippen LogP contribution in [0.4, 0.5) is 0 Å². The molecule has 1 aliphatic rings. The Kier molecular flexibility index (Phi) is 6.99. The maximum atomic E-state index is 11.0. The van der Waals surface area contributed by atoms with Gasteiger partial charge in [0.2, 0.25) is 0 Å². The van der Waals surface area contributed by atoms with Crippen molar-refractivity contribution < 1.29 is 14.3 Å². The van der Waals surface area contributed by atoms with Crippen molar-refractivity contribution in [3.05, 3.63) is 29.8 Å². The predicted octanol–water partition coefficient (Wildman–Crippen LogP) is 3.11. The number of thioether (sulfide) groups is 1. The van der Waals surface area contributed by atoms with E-state index in [9.17, 15) is 4.79 Å². The van der Waals surface area contributed by atoms with E-state index < -0.39 is 0 Å². The lowest BCUT2D eigenvalue weighted by Crippen LogP contribution is -2.22. The monoisotopic (exact) mass is 339 g/mol. The number of hydrogen-bond acceptors (Lipinski definition) is 5. The van der Waals surface area contributed by atoms with Crippen LogP contribution in [0.2, 0.25) is 0 Å². The number of rotatable bonds is 7. The van der Waals surface area contributed by atoms with Gasteiger partial charge in [-0.05, 0) is 18.9 Å². The highest BCUT2D eigenvalue weighted by atomic mass is 32.2. The summed E-state index contributed by atoms with van der Waals surface area (Å²) in [6.45, 7) is 1.59. The van der Waals surface area contributed by atoms with Gasteiger partial charge in [0.05, 0.1) is 13.7 Å². The Labute approximate surface area is 140 Å². The Morgan fingerprint density at radius 2 is 2.32 bits per heavy atom. The smallest absolute Gasteiger partial charge is 0.305 e. The van der Waals surface area contributed by atoms with Crippen molar-refractivity contribution in [2.75, 3.05) is 26.0 Å². The van der Waals surface area contributed by atoms with E-state index >= 15 is 0 Å². The summed E-state index contributed by atoms with van der Waals surface area (Å²) in [5.41, 5.74) is 1.29. The van der Waals surface area contributed by atoms with Crippen LogP contribution in [0, 0.1) is 0 Å². The minimum absolute atomic E-state index is 0.167. The summed E-state index contributed by atoms with van der Waals surface area (Å²) >= 11 is 6.86. The van der Waals surface area contributed by atoms with Crippen LogP contribution in [0.3, 0.4) is 0 Å². The summed E-state index contributed by atoms with van der Waals surface area (Å²) in [5.74, 6) is 2.11. The molecular weight excluding hydrogens is 318 g/mol. The second kappa shape index (κ2) is 9.00. The first-order valence-corrected chi connectivity index (χ1v) is 8.79. The number of carbonyl (C=O) groups excluding carboxylic acids is 1. The molecule has 0 radical (unpaired) electrons. The number of carbonyl (C=O) groups is 1. The second-order valence-electron chi connectivity index (χ2n) is 5.08. The molecule has 0 amide bonds. The quantitative estimate of drug-likeness (QED) is 0.468.